The SMILES string of the molecule is COC(=O)c1ccc(COC2CCC3C(=O)C(c4ccccc4)=COC3C2)cc1. The molecule has 2 aromatic rings. The minimum absolute atomic E-state index is 0.0519. The lowest BCUT2D eigenvalue weighted by Crippen LogP contribution is -2.41. The van der Waals surface area contributed by atoms with E-state index in [2.05, 4.69) is 0 Å². The van der Waals surface area contributed by atoms with Crippen molar-refractivity contribution in [2.24, 2.45) is 5.92 Å². The van der Waals surface area contributed by atoms with E-state index in [1.165, 1.54) is 7.11 Å². The maximum absolute atomic E-state index is 12.9. The van der Waals surface area contributed by atoms with Crippen molar-refractivity contribution in [3.63, 3.8) is 0 Å². The molecule has 1 fully saturated rings. The number of carbonyl (C=O) groups excluding carboxylic acids is 2. The second kappa shape index (κ2) is 8.62. The van der Waals surface area contributed by atoms with Crippen LogP contribution in [0.25, 0.3) is 5.57 Å². The van der Waals surface area contributed by atoms with Crippen molar-refractivity contribution in [1.29, 1.82) is 0 Å². The number of methoxy groups -OCH3 is 1. The van der Waals surface area contributed by atoms with Crippen LogP contribution in [-0.4, -0.2) is 31.1 Å². The molecule has 2 aliphatic rings. The van der Waals surface area contributed by atoms with E-state index >= 15 is 0 Å². The number of hydrogen-bond donors (Lipinski definition) is 0. The van der Waals surface area contributed by atoms with Crippen LogP contribution in [0.2, 0.25) is 0 Å². The first-order chi connectivity index (χ1) is 14.2. The van der Waals surface area contributed by atoms with Crippen LogP contribution >= 0.6 is 0 Å². The summed E-state index contributed by atoms with van der Waals surface area (Å²) >= 11 is 0. The third-order valence-electron chi connectivity index (χ3n) is 5.65. The molecule has 5 heteroatoms. The van der Waals surface area contributed by atoms with E-state index in [1.807, 2.05) is 42.5 Å². The molecule has 3 unspecified atom stereocenters. The van der Waals surface area contributed by atoms with Gasteiger partial charge in [-0.15, -0.1) is 0 Å². The van der Waals surface area contributed by atoms with Gasteiger partial charge in [-0.3, -0.25) is 4.79 Å². The largest absolute Gasteiger partial charge is 0.496 e. The van der Waals surface area contributed by atoms with E-state index in [1.54, 1.807) is 18.4 Å². The minimum Gasteiger partial charge on any atom is -0.496 e. The highest BCUT2D eigenvalue weighted by Gasteiger charge is 2.40. The van der Waals surface area contributed by atoms with Gasteiger partial charge in [-0.05, 0) is 36.1 Å². The smallest absolute Gasteiger partial charge is 0.337 e. The fourth-order valence-electron chi connectivity index (χ4n) is 4.00. The molecule has 4 rings (SSSR count). The van der Waals surface area contributed by atoms with Crippen LogP contribution in [0.15, 0.2) is 60.9 Å². The molecule has 0 saturated heterocycles. The van der Waals surface area contributed by atoms with E-state index in [4.69, 9.17) is 14.2 Å². The van der Waals surface area contributed by atoms with Gasteiger partial charge in [-0.2, -0.15) is 0 Å². The van der Waals surface area contributed by atoms with Crippen molar-refractivity contribution in [1.82, 2.24) is 0 Å². The number of fused-ring (bicyclic) bond motifs is 1. The number of ether oxygens (including phenoxy) is 3. The Labute approximate surface area is 170 Å². The Morgan fingerprint density at radius 2 is 1.83 bits per heavy atom. The predicted octanol–water partition coefficient (Wildman–Crippen LogP) is 4.17. The van der Waals surface area contributed by atoms with Gasteiger partial charge in [0.05, 0.1) is 43.1 Å². The first-order valence-corrected chi connectivity index (χ1v) is 9.90. The average molecular weight is 392 g/mol. The van der Waals surface area contributed by atoms with Crippen LogP contribution in [0.4, 0.5) is 0 Å². The molecule has 150 valence electrons. The molecule has 29 heavy (non-hydrogen) atoms. The van der Waals surface area contributed by atoms with Crippen molar-refractivity contribution >= 4 is 17.3 Å². The Morgan fingerprint density at radius 1 is 1.07 bits per heavy atom. The van der Waals surface area contributed by atoms with Crippen molar-refractivity contribution in [2.45, 2.75) is 38.1 Å². The molecule has 3 atom stereocenters. The van der Waals surface area contributed by atoms with Crippen molar-refractivity contribution < 1.29 is 23.8 Å². The van der Waals surface area contributed by atoms with Crippen LogP contribution in [0, 0.1) is 5.92 Å². The zero-order chi connectivity index (χ0) is 20.2. The van der Waals surface area contributed by atoms with Gasteiger partial charge >= 0.3 is 5.97 Å². The minimum atomic E-state index is -0.349. The quantitative estimate of drug-likeness (QED) is 0.715. The number of esters is 1. The Morgan fingerprint density at radius 3 is 2.55 bits per heavy atom. The Hall–Kier alpha value is -2.92. The van der Waals surface area contributed by atoms with E-state index in [0.717, 1.165) is 24.0 Å². The van der Waals surface area contributed by atoms with E-state index in [9.17, 15) is 9.59 Å². The molecule has 1 aliphatic heterocycles. The lowest BCUT2D eigenvalue weighted by Gasteiger charge is -2.37. The van der Waals surface area contributed by atoms with Gasteiger partial charge in [0.2, 0.25) is 0 Å². The van der Waals surface area contributed by atoms with Gasteiger partial charge in [-0.1, -0.05) is 42.5 Å². The summed E-state index contributed by atoms with van der Waals surface area (Å²) in [4.78, 5) is 24.4. The number of benzene rings is 2. The number of Topliss-reactive ketones (excluding diaryl/α,β-unsaturated/α-hetero) is 1. The molecule has 1 aliphatic carbocycles. The summed E-state index contributed by atoms with van der Waals surface area (Å²) in [5.74, 6) is -0.281. The van der Waals surface area contributed by atoms with Crippen molar-refractivity contribution in [3.05, 3.63) is 77.5 Å². The Kier molecular flexibility index (Phi) is 5.76. The van der Waals surface area contributed by atoms with Crippen LogP contribution in [0.1, 0.15) is 40.7 Å². The Bertz CT molecular complexity index is 901. The van der Waals surface area contributed by atoms with Crippen molar-refractivity contribution in [2.75, 3.05) is 7.11 Å². The number of carbonyl (C=O) groups is 2. The van der Waals surface area contributed by atoms with Crippen molar-refractivity contribution in [3.8, 4) is 0 Å². The van der Waals surface area contributed by atoms with Gasteiger partial charge < -0.3 is 14.2 Å². The topological polar surface area (TPSA) is 61.8 Å². The van der Waals surface area contributed by atoms with Crippen LogP contribution in [0.3, 0.4) is 0 Å². The van der Waals surface area contributed by atoms with E-state index in [0.29, 0.717) is 24.2 Å². The number of ketones is 1. The van der Waals surface area contributed by atoms with Gasteiger partial charge in [0.1, 0.15) is 6.10 Å². The lowest BCUT2D eigenvalue weighted by atomic mass is 9.78. The highest BCUT2D eigenvalue weighted by Crippen LogP contribution is 2.37. The summed E-state index contributed by atoms with van der Waals surface area (Å²) in [6.45, 7) is 0.461. The van der Waals surface area contributed by atoms with Crippen LogP contribution in [0.5, 0.6) is 0 Å². The zero-order valence-electron chi connectivity index (χ0n) is 16.4. The monoisotopic (exact) mass is 392 g/mol. The number of allylic oxidation sites excluding steroid dienone is 1. The van der Waals surface area contributed by atoms with E-state index < -0.39 is 0 Å². The zero-order valence-corrected chi connectivity index (χ0v) is 16.4. The van der Waals surface area contributed by atoms with Crippen LogP contribution < -0.4 is 0 Å². The first-order valence-electron chi connectivity index (χ1n) is 9.90. The molecule has 0 spiro atoms. The fraction of sp³-hybridized carbons (Fsp3) is 0.333. The molecule has 5 nitrogen and oxygen atoms in total. The highest BCUT2D eigenvalue weighted by atomic mass is 16.5. The fourth-order valence-corrected chi connectivity index (χ4v) is 4.00. The number of rotatable bonds is 5. The van der Waals surface area contributed by atoms with Gasteiger partial charge in [-0.25, -0.2) is 4.79 Å². The second-order valence-electron chi connectivity index (χ2n) is 7.48. The summed E-state index contributed by atoms with van der Waals surface area (Å²) in [5.41, 5.74) is 3.08. The maximum atomic E-state index is 12.9. The summed E-state index contributed by atoms with van der Waals surface area (Å²) < 4.78 is 16.7. The normalized spacial score (nSPS) is 23.6. The van der Waals surface area contributed by atoms with Gasteiger partial charge in [0, 0.05) is 6.42 Å². The molecular formula is C24H24O5. The summed E-state index contributed by atoms with van der Waals surface area (Å²) in [7, 11) is 1.37. The summed E-state index contributed by atoms with van der Waals surface area (Å²) in [6, 6.07) is 16.9. The van der Waals surface area contributed by atoms with Gasteiger partial charge in [0.25, 0.3) is 0 Å². The molecular weight excluding hydrogens is 368 g/mol. The van der Waals surface area contributed by atoms with Crippen LogP contribution in [-0.2, 0) is 25.6 Å². The second-order valence-corrected chi connectivity index (χ2v) is 7.48. The highest BCUT2D eigenvalue weighted by molar-refractivity contribution is 6.22. The van der Waals surface area contributed by atoms with E-state index in [-0.39, 0.29) is 29.9 Å². The Balaban J connectivity index is 1.34. The molecule has 0 radical (unpaired) electrons. The third kappa shape index (κ3) is 4.25. The molecule has 2 aromatic carbocycles. The molecule has 1 saturated carbocycles. The standard InChI is InChI=1S/C24H24O5/c1-27-24(26)18-9-7-16(8-10-18)14-28-19-11-12-20-22(13-19)29-15-21(23(20)25)17-5-3-2-4-6-17/h2-10,15,19-20,22H,11-14H2,1H3. The predicted molar refractivity (Wildman–Crippen MR) is 108 cm³/mol. The number of hydrogen-bond acceptors (Lipinski definition) is 5. The molecule has 1 heterocycles. The molecule has 0 N–H and O–H groups in total. The lowest BCUT2D eigenvalue weighted by molar-refractivity contribution is -0.128. The summed E-state index contributed by atoms with van der Waals surface area (Å²) in [5, 5.41) is 0. The first kappa shape index (κ1) is 19.4. The molecule has 0 bridgehead atoms. The maximum Gasteiger partial charge on any atom is 0.337 e. The third-order valence-corrected chi connectivity index (χ3v) is 5.65. The summed E-state index contributed by atoms with van der Waals surface area (Å²) in [6.07, 6.45) is 3.84. The average Bonchev–Trinajstić information content (AvgIpc) is 2.78. The molecule has 0 amide bonds. The van der Waals surface area contributed by atoms with Gasteiger partial charge in [0.15, 0.2) is 5.78 Å². The molecule has 0 aromatic heterocycles.